The van der Waals surface area contributed by atoms with E-state index in [1.54, 1.807) is 19.9 Å². The lowest BCUT2D eigenvalue weighted by Gasteiger charge is -2.24. The van der Waals surface area contributed by atoms with E-state index in [1.807, 2.05) is 0 Å². The molecule has 4 atom stereocenters. The standard InChI is InChI=1S/C20H30N2O5/c1-11(2)12(3)6-7-16(21-19(24)15-8-9-26-13(15)4)20(25)22-18-14(5)27-10-17(18)23/h8-9,11-12,14,16,18H,6-7,10H2,1-5H3,(H,21,24)(H,22,25)/t12?,14-,16?,18-/m0/s1. The highest BCUT2D eigenvalue weighted by molar-refractivity contribution is 5.99. The van der Waals surface area contributed by atoms with Crippen LogP contribution in [0.5, 0.6) is 0 Å². The molecule has 0 bridgehead atoms. The first-order valence-corrected chi connectivity index (χ1v) is 9.50. The van der Waals surface area contributed by atoms with Crippen LogP contribution in [-0.4, -0.2) is 42.4 Å². The molecule has 0 aliphatic carbocycles. The molecule has 1 aliphatic heterocycles. The number of ketones is 1. The van der Waals surface area contributed by atoms with E-state index >= 15 is 0 Å². The van der Waals surface area contributed by atoms with E-state index in [0.29, 0.717) is 29.6 Å². The molecule has 2 amide bonds. The van der Waals surface area contributed by atoms with Crippen molar-refractivity contribution in [3.05, 3.63) is 23.7 Å². The second-order valence-electron chi connectivity index (χ2n) is 7.68. The average molecular weight is 378 g/mol. The normalized spacial score (nSPS) is 21.9. The predicted molar refractivity (Wildman–Crippen MR) is 100 cm³/mol. The van der Waals surface area contributed by atoms with Crippen molar-refractivity contribution in [2.45, 2.75) is 65.6 Å². The zero-order valence-corrected chi connectivity index (χ0v) is 16.7. The zero-order chi connectivity index (χ0) is 20.1. The number of carbonyl (C=O) groups is 3. The number of hydrogen-bond donors (Lipinski definition) is 2. The topological polar surface area (TPSA) is 97.6 Å². The summed E-state index contributed by atoms with van der Waals surface area (Å²) in [6.07, 6.45) is 2.34. The first-order chi connectivity index (χ1) is 12.7. The molecule has 1 aliphatic rings. The minimum atomic E-state index is -0.728. The van der Waals surface area contributed by atoms with E-state index in [4.69, 9.17) is 9.15 Å². The van der Waals surface area contributed by atoms with Crippen molar-refractivity contribution in [2.75, 3.05) is 6.61 Å². The fourth-order valence-corrected chi connectivity index (χ4v) is 3.00. The second kappa shape index (κ2) is 9.17. The van der Waals surface area contributed by atoms with Crippen LogP contribution in [0.2, 0.25) is 0 Å². The molecule has 1 aromatic rings. The number of carbonyl (C=O) groups excluding carboxylic acids is 3. The van der Waals surface area contributed by atoms with Gasteiger partial charge in [-0.15, -0.1) is 0 Å². The Labute approximate surface area is 160 Å². The first-order valence-electron chi connectivity index (χ1n) is 9.50. The van der Waals surface area contributed by atoms with Crippen LogP contribution in [0.1, 0.15) is 56.7 Å². The molecule has 1 fully saturated rings. The Hall–Kier alpha value is -2.15. The van der Waals surface area contributed by atoms with Crippen LogP contribution in [0.3, 0.4) is 0 Å². The highest BCUT2D eigenvalue weighted by Gasteiger charge is 2.35. The molecule has 0 spiro atoms. The summed E-state index contributed by atoms with van der Waals surface area (Å²) in [7, 11) is 0. The van der Waals surface area contributed by atoms with Gasteiger partial charge in [-0.25, -0.2) is 0 Å². The van der Waals surface area contributed by atoms with Gasteiger partial charge in [-0.3, -0.25) is 14.4 Å². The van der Waals surface area contributed by atoms with Crippen molar-refractivity contribution < 1.29 is 23.5 Å². The molecule has 0 saturated carbocycles. The molecule has 1 aromatic heterocycles. The third kappa shape index (κ3) is 5.42. The number of nitrogens with one attached hydrogen (secondary N) is 2. The maximum Gasteiger partial charge on any atom is 0.255 e. The maximum atomic E-state index is 12.8. The van der Waals surface area contributed by atoms with Gasteiger partial charge < -0.3 is 19.8 Å². The fourth-order valence-electron chi connectivity index (χ4n) is 3.00. The van der Waals surface area contributed by atoms with E-state index in [-0.39, 0.29) is 30.3 Å². The molecule has 2 unspecified atom stereocenters. The first kappa shape index (κ1) is 21.2. The Morgan fingerprint density at radius 1 is 1.26 bits per heavy atom. The smallest absolute Gasteiger partial charge is 0.255 e. The van der Waals surface area contributed by atoms with Gasteiger partial charge in [0, 0.05) is 0 Å². The van der Waals surface area contributed by atoms with Crippen LogP contribution in [0.4, 0.5) is 0 Å². The molecular weight excluding hydrogens is 348 g/mol. The monoisotopic (exact) mass is 378 g/mol. The van der Waals surface area contributed by atoms with Gasteiger partial charge >= 0.3 is 0 Å². The Morgan fingerprint density at radius 2 is 1.96 bits per heavy atom. The third-order valence-electron chi connectivity index (χ3n) is 5.38. The molecular formula is C20H30N2O5. The highest BCUT2D eigenvalue weighted by atomic mass is 16.5. The molecule has 2 N–H and O–H groups in total. The lowest BCUT2D eigenvalue weighted by molar-refractivity contribution is -0.127. The summed E-state index contributed by atoms with van der Waals surface area (Å²) in [6, 6.07) is 0.177. The number of furan rings is 1. The van der Waals surface area contributed by atoms with E-state index in [1.165, 1.54) is 6.26 Å². The molecule has 150 valence electrons. The van der Waals surface area contributed by atoms with Gasteiger partial charge in [-0.05, 0) is 44.6 Å². The zero-order valence-electron chi connectivity index (χ0n) is 16.7. The predicted octanol–water partition coefficient (Wildman–Crippen LogP) is 2.23. The second-order valence-corrected chi connectivity index (χ2v) is 7.68. The van der Waals surface area contributed by atoms with Gasteiger partial charge in [0.2, 0.25) is 5.91 Å². The number of hydrogen-bond acceptors (Lipinski definition) is 5. The Bertz CT molecular complexity index is 682. The Morgan fingerprint density at radius 3 is 2.48 bits per heavy atom. The van der Waals surface area contributed by atoms with Gasteiger partial charge in [0.1, 0.15) is 24.5 Å². The number of ether oxygens (including phenoxy) is 1. The molecule has 0 radical (unpaired) electrons. The summed E-state index contributed by atoms with van der Waals surface area (Å²) in [6.45, 7) is 9.83. The van der Waals surface area contributed by atoms with Crippen molar-refractivity contribution >= 4 is 17.6 Å². The molecule has 1 saturated heterocycles. The average Bonchev–Trinajstić information content (AvgIpc) is 3.18. The summed E-state index contributed by atoms with van der Waals surface area (Å²) in [5.74, 6) is 0.503. The Balaban J connectivity index is 2.08. The van der Waals surface area contributed by atoms with Crippen molar-refractivity contribution in [3.8, 4) is 0 Å². The van der Waals surface area contributed by atoms with Gasteiger partial charge in [0.15, 0.2) is 5.78 Å². The summed E-state index contributed by atoms with van der Waals surface area (Å²) in [5.41, 5.74) is 0.401. The Kier molecular flexibility index (Phi) is 7.18. The van der Waals surface area contributed by atoms with Crippen LogP contribution in [0, 0.1) is 18.8 Å². The number of Topliss-reactive ketones (excluding diaryl/α,β-unsaturated/α-hetero) is 1. The lowest BCUT2D eigenvalue weighted by atomic mass is 9.91. The van der Waals surface area contributed by atoms with E-state index < -0.39 is 12.1 Å². The van der Waals surface area contributed by atoms with Crippen molar-refractivity contribution in [1.82, 2.24) is 10.6 Å². The van der Waals surface area contributed by atoms with Gasteiger partial charge in [0.05, 0.1) is 17.9 Å². The summed E-state index contributed by atoms with van der Waals surface area (Å²) < 4.78 is 10.5. The SMILES string of the molecule is Cc1occc1C(=O)NC(CCC(C)C(C)C)C(=O)N[C@@H]1C(=O)CO[C@H]1C. The summed E-state index contributed by atoms with van der Waals surface area (Å²) in [5, 5.41) is 5.54. The van der Waals surface area contributed by atoms with Crippen molar-refractivity contribution in [2.24, 2.45) is 11.8 Å². The minimum absolute atomic E-state index is 0.00172. The van der Waals surface area contributed by atoms with Crippen molar-refractivity contribution in [1.29, 1.82) is 0 Å². The number of rotatable bonds is 8. The largest absolute Gasteiger partial charge is 0.469 e. The van der Waals surface area contributed by atoms with E-state index in [2.05, 4.69) is 31.4 Å². The van der Waals surface area contributed by atoms with Crippen LogP contribution in [-0.2, 0) is 14.3 Å². The fraction of sp³-hybridized carbons (Fsp3) is 0.650. The van der Waals surface area contributed by atoms with E-state index in [9.17, 15) is 14.4 Å². The van der Waals surface area contributed by atoms with Crippen molar-refractivity contribution in [3.63, 3.8) is 0 Å². The van der Waals surface area contributed by atoms with Gasteiger partial charge in [0.25, 0.3) is 5.91 Å². The quantitative estimate of drug-likeness (QED) is 0.723. The van der Waals surface area contributed by atoms with Gasteiger partial charge in [-0.1, -0.05) is 20.8 Å². The van der Waals surface area contributed by atoms with Crippen LogP contribution in [0.15, 0.2) is 16.7 Å². The summed E-state index contributed by atoms with van der Waals surface area (Å²) >= 11 is 0. The minimum Gasteiger partial charge on any atom is -0.469 e. The number of amides is 2. The molecule has 7 nitrogen and oxygen atoms in total. The lowest BCUT2D eigenvalue weighted by Crippen LogP contribution is -2.53. The molecule has 2 heterocycles. The third-order valence-corrected chi connectivity index (χ3v) is 5.38. The molecule has 27 heavy (non-hydrogen) atoms. The highest BCUT2D eigenvalue weighted by Crippen LogP contribution is 2.18. The molecule has 2 rings (SSSR count). The van der Waals surface area contributed by atoms with Crippen LogP contribution >= 0.6 is 0 Å². The molecule has 0 aromatic carbocycles. The van der Waals surface area contributed by atoms with Crippen LogP contribution < -0.4 is 10.6 Å². The van der Waals surface area contributed by atoms with E-state index in [0.717, 1.165) is 6.42 Å². The van der Waals surface area contributed by atoms with Gasteiger partial charge in [-0.2, -0.15) is 0 Å². The maximum absolute atomic E-state index is 12.8. The van der Waals surface area contributed by atoms with Crippen LogP contribution in [0.25, 0.3) is 0 Å². The molecule has 7 heteroatoms. The number of aryl methyl sites for hydroxylation is 1. The summed E-state index contributed by atoms with van der Waals surface area (Å²) in [4.78, 5) is 37.3.